The molecule has 1 N–H and O–H groups in total. The van der Waals surface area contributed by atoms with E-state index in [-0.39, 0.29) is 17.7 Å². The third-order valence-electron chi connectivity index (χ3n) is 5.88. The van der Waals surface area contributed by atoms with E-state index in [2.05, 4.69) is 19.9 Å². The fourth-order valence-corrected chi connectivity index (χ4v) is 5.61. The van der Waals surface area contributed by atoms with Crippen molar-refractivity contribution in [1.82, 2.24) is 19.5 Å². The number of nitrogens with zero attached hydrogens (tertiary/aromatic N) is 5. The maximum atomic E-state index is 14.3. The predicted octanol–water partition coefficient (Wildman–Crippen LogP) is 4.76. The van der Waals surface area contributed by atoms with Crippen LogP contribution >= 0.6 is 22.9 Å². The molecule has 0 saturated carbocycles. The molecule has 5 rings (SSSR count). The summed E-state index contributed by atoms with van der Waals surface area (Å²) in [6, 6.07) is 14.3. The lowest BCUT2D eigenvalue weighted by molar-refractivity contribution is 0.210. The fourth-order valence-electron chi connectivity index (χ4n) is 4.25. The monoisotopic (exact) mass is 471 g/mol. The summed E-state index contributed by atoms with van der Waals surface area (Å²) in [5, 5.41) is 16.1. The second kappa shape index (κ2) is 8.69. The third kappa shape index (κ3) is 3.72. The molecule has 3 heterocycles. The van der Waals surface area contributed by atoms with Gasteiger partial charge in [0.2, 0.25) is 10.8 Å². The number of aromatic nitrogens is 3. The molecule has 1 saturated heterocycles. The molecule has 0 bridgehead atoms. The molecule has 6 nitrogen and oxygen atoms in total. The maximum absolute atomic E-state index is 14.3. The van der Waals surface area contributed by atoms with Crippen LogP contribution in [0.1, 0.15) is 29.2 Å². The zero-order valence-electron chi connectivity index (χ0n) is 17.6. The Balaban J connectivity index is 1.50. The van der Waals surface area contributed by atoms with Gasteiger partial charge in [-0.3, -0.25) is 4.90 Å². The maximum Gasteiger partial charge on any atom is 0.230 e. The average Bonchev–Trinajstić information content (AvgIpc) is 3.35. The van der Waals surface area contributed by atoms with Crippen molar-refractivity contribution < 1.29 is 9.50 Å². The van der Waals surface area contributed by atoms with E-state index < -0.39 is 0 Å². The van der Waals surface area contributed by atoms with Crippen LogP contribution in [0.25, 0.3) is 4.96 Å². The number of para-hydroxylation sites is 1. The number of anilines is 1. The smallest absolute Gasteiger partial charge is 0.230 e. The molecular weight excluding hydrogens is 449 g/mol. The molecule has 2 aromatic carbocycles. The van der Waals surface area contributed by atoms with E-state index in [1.807, 2.05) is 43.3 Å². The molecule has 0 radical (unpaired) electrons. The Labute approximate surface area is 194 Å². The normalized spacial score (nSPS) is 16.0. The molecular formula is C23H23ClFN5OS. The van der Waals surface area contributed by atoms with E-state index in [1.54, 1.807) is 6.07 Å². The zero-order valence-corrected chi connectivity index (χ0v) is 19.2. The van der Waals surface area contributed by atoms with E-state index in [4.69, 9.17) is 11.6 Å². The first-order chi connectivity index (χ1) is 15.6. The molecule has 32 heavy (non-hydrogen) atoms. The molecule has 9 heteroatoms. The lowest BCUT2D eigenvalue weighted by Crippen LogP contribution is -2.48. The van der Waals surface area contributed by atoms with Crippen LogP contribution in [0.3, 0.4) is 0 Å². The average molecular weight is 472 g/mol. The summed E-state index contributed by atoms with van der Waals surface area (Å²) < 4.78 is 15.8. The van der Waals surface area contributed by atoms with Crippen LogP contribution in [-0.2, 0) is 6.42 Å². The molecule has 1 atom stereocenters. The van der Waals surface area contributed by atoms with E-state index in [0.717, 1.165) is 10.4 Å². The van der Waals surface area contributed by atoms with Gasteiger partial charge in [0.25, 0.3) is 0 Å². The SMILES string of the molecule is CCc1nc2sc([C@@H](c3ccccc3Cl)N3CCN(c4ccccc4F)CC3)c(O)n2n1. The quantitative estimate of drug-likeness (QED) is 0.454. The van der Waals surface area contributed by atoms with Gasteiger partial charge in [0.05, 0.1) is 16.6 Å². The topological polar surface area (TPSA) is 56.9 Å². The van der Waals surface area contributed by atoms with E-state index in [0.29, 0.717) is 54.1 Å². The van der Waals surface area contributed by atoms with E-state index in [9.17, 15) is 9.50 Å². The van der Waals surface area contributed by atoms with Gasteiger partial charge in [0.1, 0.15) is 5.82 Å². The molecule has 0 amide bonds. The molecule has 1 aliphatic rings. The molecule has 0 unspecified atom stereocenters. The van der Waals surface area contributed by atoms with Gasteiger partial charge in [0, 0.05) is 37.6 Å². The molecule has 4 aromatic rings. The second-order valence-electron chi connectivity index (χ2n) is 7.76. The van der Waals surface area contributed by atoms with Gasteiger partial charge in [-0.1, -0.05) is 60.2 Å². The largest absolute Gasteiger partial charge is 0.492 e. The van der Waals surface area contributed by atoms with Crippen molar-refractivity contribution in [3.63, 3.8) is 0 Å². The van der Waals surface area contributed by atoms with Gasteiger partial charge in [0.15, 0.2) is 5.82 Å². The third-order valence-corrected chi connectivity index (χ3v) is 7.30. The first-order valence-electron chi connectivity index (χ1n) is 10.6. The minimum absolute atomic E-state index is 0.0960. The van der Waals surface area contributed by atoms with Crippen molar-refractivity contribution in [2.24, 2.45) is 0 Å². The van der Waals surface area contributed by atoms with Crippen LogP contribution in [0.2, 0.25) is 5.02 Å². The summed E-state index contributed by atoms with van der Waals surface area (Å²) in [6.45, 7) is 4.71. The van der Waals surface area contributed by atoms with Gasteiger partial charge in [-0.25, -0.2) is 9.37 Å². The number of aryl methyl sites for hydroxylation is 1. The number of aromatic hydroxyl groups is 1. The van der Waals surface area contributed by atoms with Crippen LogP contribution in [-0.4, -0.2) is 50.8 Å². The molecule has 166 valence electrons. The molecule has 0 aliphatic carbocycles. The lowest BCUT2D eigenvalue weighted by Gasteiger charge is -2.40. The summed E-state index contributed by atoms with van der Waals surface area (Å²) in [4.78, 5) is 10.3. The van der Waals surface area contributed by atoms with Gasteiger partial charge >= 0.3 is 0 Å². The Bertz CT molecular complexity index is 1250. The lowest BCUT2D eigenvalue weighted by atomic mass is 10.0. The number of benzene rings is 2. The van der Waals surface area contributed by atoms with Crippen molar-refractivity contribution in [3.8, 4) is 5.88 Å². The molecule has 1 fully saturated rings. The fraction of sp³-hybridized carbons (Fsp3) is 0.304. The van der Waals surface area contributed by atoms with Gasteiger partial charge < -0.3 is 10.0 Å². The van der Waals surface area contributed by atoms with Crippen molar-refractivity contribution in [2.45, 2.75) is 19.4 Å². The minimum Gasteiger partial charge on any atom is -0.492 e. The van der Waals surface area contributed by atoms with Crippen molar-refractivity contribution in [2.75, 3.05) is 31.1 Å². The Hall–Kier alpha value is -2.68. The summed E-state index contributed by atoms with van der Waals surface area (Å²) >= 11 is 8.03. The summed E-state index contributed by atoms with van der Waals surface area (Å²) in [7, 11) is 0. The van der Waals surface area contributed by atoms with E-state index >= 15 is 0 Å². The highest BCUT2D eigenvalue weighted by Crippen LogP contribution is 2.42. The highest BCUT2D eigenvalue weighted by atomic mass is 35.5. The number of halogens is 2. The Kier molecular flexibility index (Phi) is 5.75. The van der Waals surface area contributed by atoms with Crippen molar-refractivity contribution >= 4 is 33.6 Å². The number of rotatable bonds is 5. The standard InChI is InChI=1S/C23H23ClFN5OS/c1-2-19-26-23-30(27-19)22(31)21(32-23)20(15-7-3-4-8-16(15)24)29-13-11-28(12-14-29)18-10-6-5-9-17(18)25/h3-10,20,31H,2,11-14H2,1H3/t20-/m1/s1. The number of hydrogen-bond donors (Lipinski definition) is 1. The zero-order chi connectivity index (χ0) is 22.2. The first kappa shape index (κ1) is 21.2. The van der Waals surface area contributed by atoms with Crippen LogP contribution < -0.4 is 4.90 Å². The second-order valence-corrected chi connectivity index (χ2v) is 9.18. The van der Waals surface area contributed by atoms with Crippen molar-refractivity contribution in [3.05, 3.63) is 75.6 Å². The van der Waals surface area contributed by atoms with Gasteiger partial charge in [-0.05, 0) is 23.8 Å². The molecule has 0 spiro atoms. The number of hydrogen-bond acceptors (Lipinski definition) is 6. The first-order valence-corrected chi connectivity index (χ1v) is 11.8. The Morgan fingerprint density at radius 1 is 1.09 bits per heavy atom. The highest BCUT2D eigenvalue weighted by molar-refractivity contribution is 7.17. The minimum atomic E-state index is -0.245. The highest BCUT2D eigenvalue weighted by Gasteiger charge is 2.33. The Morgan fingerprint density at radius 2 is 1.81 bits per heavy atom. The molecule has 1 aliphatic heterocycles. The summed E-state index contributed by atoms with van der Waals surface area (Å²) in [6.07, 6.45) is 0.703. The van der Waals surface area contributed by atoms with Crippen molar-refractivity contribution in [1.29, 1.82) is 0 Å². The van der Waals surface area contributed by atoms with Crippen LogP contribution in [0, 0.1) is 5.82 Å². The van der Waals surface area contributed by atoms with Gasteiger partial charge in [-0.15, -0.1) is 5.10 Å². The number of fused-ring (bicyclic) bond motifs is 1. The number of piperazine rings is 1. The Morgan fingerprint density at radius 3 is 2.50 bits per heavy atom. The van der Waals surface area contributed by atoms with Gasteiger partial charge in [-0.2, -0.15) is 4.52 Å². The predicted molar refractivity (Wildman–Crippen MR) is 125 cm³/mol. The molecule has 2 aromatic heterocycles. The van der Waals surface area contributed by atoms with Crippen LogP contribution in [0.5, 0.6) is 5.88 Å². The summed E-state index contributed by atoms with van der Waals surface area (Å²) in [5.74, 6) is 0.586. The van der Waals surface area contributed by atoms with E-state index in [1.165, 1.54) is 21.9 Å². The van der Waals surface area contributed by atoms with Crippen LogP contribution in [0.15, 0.2) is 48.5 Å². The van der Waals surface area contributed by atoms with Crippen LogP contribution in [0.4, 0.5) is 10.1 Å². The summed E-state index contributed by atoms with van der Waals surface area (Å²) in [5.41, 5.74) is 1.54. The number of thiazole rings is 1.